The second-order valence-electron chi connectivity index (χ2n) is 8.52. The number of hydrogen-bond donors (Lipinski definition) is 1. The van der Waals surface area contributed by atoms with Crippen LogP contribution in [0.1, 0.15) is 49.5 Å². The van der Waals surface area contributed by atoms with Crippen LogP contribution < -0.4 is 5.32 Å². The lowest BCUT2D eigenvalue weighted by atomic mass is 9.90. The van der Waals surface area contributed by atoms with Crippen molar-refractivity contribution >= 4 is 27.5 Å². The van der Waals surface area contributed by atoms with Gasteiger partial charge in [-0.3, -0.25) is 9.69 Å². The molecular weight excluding hydrogens is 386 g/mol. The third-order valence-corrected chi connectivity index (χ3v) is 7.74. The Morgan fingerprint density at radius 2 is 1.86 bits per heavy atom. The lowest BCUT2D eigenvalue weighted by Gasteiger charge is -2.36. The number of carbonyl (C=O) groups excluding carboxylic acids is 1. The first-order valence-corrected chi connectivity index (χ1v) is 11.7. The van der Waals surface area contributed by atoms with Gasteiger partial charge in [0.05, 0.1) is 35.0 Å². The van der Waals surface area contributed by atoms with E-state index in [1.165, 1.54) is 9.71 Å². The van der Waals surface area contributed by atoms with Gasteiger partial charge in [0.2, 0.25) is 5.91 Å². The summed E-state index contributed by atoms with van der Waals surface area (Å²) in [4.78, 5) is 19.7. The summed E-state index contributed by atoms with van der Waals surface area (Å²) in [5.41, 5.74) is 1.11. The number of aromatic nitrogens is 1. The van der Waals surface area contributed by atoms with Gasteiger partial charge < -0.3 is 14.8 Å². The Labute approximate surface area is 175 Å². The molecule has 2 aromatic rings. The van der Waals surface area contributed by atoms with Crippen molar-refractivity contribution in [2.24, 2.45) is 0 Å². The van der Waals surface area contributed by atoms with Gasteiger partial charge in [-0.2, -0.15) is 0 Å². The lowest BCUT2D eigenvalue weighted by Crippen LogP contribution is -2.47. The first-order chi connectivity index (χ1) is 14.2. The number of nitrogens with one attached hydrogen (secondary N) is 1. The zero-order valence-electron chi connectivity index (χ0n) is 16.8. The number of hydrogen-bond acceptors (Lipinski definition) is 6. The van der Waals surface area contributed by atoms with Crippen LogP contribution in [0, 0.1) is 0 Å². The van der Waals surface area contributed by atoms with E-state index >= 15 is 0 Å². The molecule has 6 nitrogen and oxygen atoms in total. The number of fused-ring (bicyclic) bond motifs is 1. The zero-order valence-corrected chi connectivity index (χ0v) is 17.6. The van der Waals surface area contributed by atoms with E-state index in [1.807, 2.05) is 17.4 Å². The molecule has 3 heterocycles. The fourth-order valence-corrected chi connectivity index (χ4v) is 6.00. The first-order valence-electron chi connectivity index (χ1n) is 10.8. The summed E-state index contributed by atoms with van der Waals surface area (Å²) in [5.74, 6) is 0.314. The van der Waals surface area contributed by atoms with Crippen molar-refractivity contribution in [3.63, 3.8) is 0 Å². The quantitative estimate of drug-likeness (QED) is 0.830. The van der Waals surface area contributed by atoms with Gasteiger partial charge in [0.15, 0.2) is 5.79 Å². The fraction of sp³-hybridized carbons (Fsp3) is 0.636. The molecule has 0 bridgehead atoms. The number of nitrogens with zero attached hydrogens (tertiary/aromatic N) is 2. The smallest absolute Gasteiger partial charge is 0.234 e. The Bertz CT molecular complexity index is 813. The molecule has 5 rings (SSSR count). The Hall–Kier alpha value is -1.54. The number of para-hydroxylation sites is 1. The number of rotatable bonds is 4. The van der Waals surface area contributed by atoms with E-state index in [4.69, 9.17) is 14.5 Å². The number of amides is 1. The highest BCUT2D eigenvalue weighted by Gasteiger charge is 2.40. The molecule has 1 aromatic heterocycles. The minimum absolute atomic E-state index is 0.151. The predicted molar refractivity (Wildman–Crippen MR) is 113 cm³/mol. The summed E-state index contributed by atoms with van der Waals surface area (Å²) in [6.07, 6.45) is 5.79. The van der Waals surface area contributed by atoms with Crippen molar-refractivity contribution in [2.45, 2.75) is 56.3 Å². The largest absolute Gasteiger partial charge is 0.352 e. The molecule has 0 atom stereocenters. The van der Waals surface area contributed by atoms with Gasteiger partial charge in [-0.25, -0.2) is 4.98 Å². The van der Waals surface area contributed by atoms with E-state index in [0.29, 0.717) is 25.7 Å². The number of ether oxygens (including phenoxy) is 2. The summed E-state index contributed by atoms with van der Waals surface area (Å²) in [6, 6.07) is 8.61. The van der Waals surface area contributed by atoms with E-state index in [2.05, 4.69) is 28.4 Å². The van der Waals surface area contributed by atoms with E-state index < -0.39 is 0 Å². The predicted octanol–water partition coefficient (Wildman–Crippen LogP) is 3.28. The average molecular weight is 416 g/mol. The second-order valence-corrected chi connectivity index (χ2v) is 9.58. The highest BCUT2D eigenvalue weighted by Crippen LogP contribution is 2.36. The van der Waals surface area contributed by atoms with E-state index in [9.17, 15) is 4.79 Å². The van der Waals surface area contributed by atoms with Crippen molar-refractivity contribution < 1.29 is 14.3 Å². The van der Waals surface area contributed by atoms with Gasteiger partial charge in [-0.1, -0.05) is 12.1 Å². The van der Waals surface area contributed by atoms with Crippen molar-refractivity contribution in [2.75, 3.05) is 32.8 Å². The Kier molecular flexibility index (Phi) is 5.56. The molecule has 156 valence electrons. The van der Waals surface area contributed by atoms with E-state index in [-0.39, 0.29) is 17.7 Å². The summed E-state index contributed by atoms with van der Waals surface area (Å²) in [6.45, 7) is 3.82. The number of carbonyl (C=O) groups is 1. The van der Waals surface area contributed by atoms with Crippen molar-refractivity contribution in [3.8, 4) is 0 Å². The van der Waals surface area contributed by atoms with Gasteiger partial charge in [0.25, 0.3) is 0 Å². The average Bonchev–Trinajstić information content (AvgIpc) is 3.38. The Morgan fingerprint density at radius 1 is 1.14 bits per heavy atom. The van der Waals surface area contributed by atoms with Crippen LogP contribution in [-0.4, -0.2) is 60.5 Å². The molecule has 3 fully saturated rings. The molecule has 3 aliphatic rings. The van der Waals surface area contributed by atoms with E-state index in [0.717, 1.165) is 57.1 Å². The maximum atomic E-state index is 12.5. The molecular formula is C22H29N3O3S. The van der Waals surface area contributed by atoms with Crippen LogP contribution >= 0.6 is 11.3 Å². The molecule has 0 radical (unpaired) electrons. The molecule has 1 aliphatic carbocycles. The maximum absolute atomic E-state index is 12.5. The van der Waals surface area contributed by atoms with Crippen LogP contribution in [0.2, 0.25) is 0 Å². The van der Waals surface area contributed by atoms with Crippen molar-refractivity contribution in [1.29, 1.82) is 0 Å². The molecule has 29 heavy (non-hydrogen) atoms. The minimum Gasteiger partial charge on any atom is -0.352 e. The topological polar surface area (TPSA) is 63.7 Å². The van der Waals surface area contributed by atoms with Gasteiger partial charge in [0.1, 0.15) is 0 Å². The maximum Gasteiger partial charge on any atom is 0.234 e. The summed E-state index contributed by atoms with van der Waals surface area (Å²) >= 11 is 1.82. The third-order valence-electron chi connectivity index (χ3n) is 6.54. The summed E-state index contributed by atoms with van der Waals surface area (Å²) in [5, 5.41) is 4.48. The molecule has 1 N–H and O–H groups in total. The normalized spacial score (nSPS) is 23.7. The third kappa shape index (κ3) is 4.33. The van der Waals surface area contributed by atoms with Crippen LogP contribution in [0.5, 0.6) is 0 Å². The van der Waals surface area contributed by atoms with Crippen LogP contribution in [0.4, 0.5) is 0 Å². The monoisotopic (exact) mass is 415 g/mol. The van der Waals surface area contributed by atoms with Crippen LogP contribution in [0.15, 0.2) is 24.3 Å². The SMILES string of the molecule is O=C(CN1CCC(c2nc3ccccc3s2)CC1)NC1CCC2(CC1)OCCO2. The van der Waals surface area contributed by atoms with Crippen LogP contribution in [0.3, 0.4) is 0 Å². The zero-order chi connectivity index (χ0) is 19.7. The molecule has 2 aliphatic heterocycles. The molecule has 0 unspecified atom stereocenters. The molecule has 2 saturated heterocycles. The first kappa shape index (κ1) is 19.4. The lowest BCUT2D eigenvalue weighted by molar-refractivity contribution is -0.180. The van der Waals surface area contributed by atoms with Crippen LogP contribution in [-0.2, 0) is 14.3 Å². The summed E-state index contributed by atoms with van der Waals surface area (Å²) < 4.78 is 12.8. The Balaban J connectivity index is 1.07. The van der Waals surface area contributed by atoms with Gasteiger partial charge >= 0.3 is 0 Å². The van der Waals surface area contributed by atoms with Crippen molar-refractivity contribution in [1.82, 2.24) is 15.2 Å². The standard InChI is InChI=1S/C22H29N3O3S/c26-20(23-17-5-9-22(10-6-17)27-13-14-28-22)15-25-11-7-16(8-12-25)21-24-18-3-1-2-4-19(18)29-21/h1-4,16-17H,5-15H2,(H,23,26). The Morgan fingerprint density at radius 3 is 2.59 bits per heavy atom. The fourth-order valence-electron chi connectivity index (χ4n) is 4.87. The number of thiazole rings is 1. The molecule has 1 aromatic carbocycles. The van der Waals surface area contributed by atoms with Gasteiger partial charge in [-0.05, 0) is 50.9 Å². The highest BCUT2D eigenvalue weighted by atomic mass is 32.1. The highest BCUT2D eigenvalue weighted by molar-refractivity contribution is 7.18. The van der Waals surface area contributed by atoms with Crippen molar-refractivity contribution in [3.05, 3.63) is 29.3 Å². The molecule has 1 spiro atoms. The van der Waals surface area contributed by atoms with Gasteiger partial charge in [-0.15, -0.1) is 11.3 Å². The van der Waals surface area contributed by atoms with E-state index in [1.54, 1.807) is 0 Å². The van der Waals surface area contributed by atoms with Gasteiger partial charge in [0, 0.05) is 24.8 Å². The minimum atomic E-state index is -0.357. The number of benzene rings is 1. The summed E-state index contributed by atoms with van der Waals surface area (Å²) in [7, 11) is 0. The molecule has 1 amide bonds. The number of likely N-dealkylation sites (tertiary alicyclic amines) is 1. The van der Waals surface area contributed by atoms with Crippen LogP contribution in [0.25, 0.3) is 10.2 Å². The molecule has 1 saturated carbocycles. The number of piperidine rings is 1. The second kappa shape index (κ2) is 8.30. The molecule has 7 heteroatoms.